The Bertz CT molecular complexity index is 483. The molecule has 0 N–H and O–H groups in total. The molecule has 76 valence electrons. The molecule has 0 saturated heterocycles. The van der Waals surface area contributed by atoms with Crippen molar-refractivity contribution in [3.8, 4) is 0 Å². The van der Waals surface area contributed by atoms with Crippen LogP contribution in [-0.4, -0.2) is 4.57 Å². The Labute approximate surface area is 89.5 Å². The lowest BCUT2D eigenvalue weighted by Gasteiger charge is -2.02. The van der Waals surface area contributed by atoms with Crippen molar-refractivity contribution >= 4 is 5.69 Å². The maximum absolute atomic E-state index is 4.57. The fourth-order valence-corrected chi connectivity index (χ4v) is 1.47. The highest BCUT2D eigenvalue weighted by molar-refractivity contribution is 5.35. The highest BCUT2D eigenvalue weighted by Crippen LogP contribution is 2.07. The van der Waals surface area contributed by atoms with E-state index in [0.717, 1.165) is 17.7 Å². The topological polar surface area (TPSA) is 17.3 Å². The molecule has 2 heteroatoms. The summed E-state index contributed by atoms with van der Waals surface area (Å²) < 4.78 is 2.12. The minimum atomic E-state index is 0.937. The van der Waals surface area contributed by atoms with Crippen molar-refractivity contribution in [2.75, 3.05) is 0 Å². The molecule has 2 nitrogen and oxygen atoms in total. The summed E-state index contributed by atoms with van der Waals surface area (Å²) in [7, 11) is 0. The Morgan fingerprint density at radius 2 is 1.73 bits per heavy atom. The minimum Gasteiger partial charge on any atom is -0.333 e. The average molecular weight is 198 g/mol. The fraction of sp³-hybridized carbons (Fsp3) is 0.154. The van der Waals surface area contributed by atoms with Gasteiger partial charge in [-0.05, 0) is 31.2 Å². The second kappa shape index (κ2) is 4.60. The molecule has 0 spiro atoms. The van der Waals surface area contributed by atoms with Gasteiger partial charge in [0, 0.05) is 12.7 Å². The molecule has 2 aromatic rings. The Hall–Kier alpha value is -1.83. The summed E-state index contributed by atoms with van der Waals surface area (Å²) in [4.78, 5) is 4.57. The largest absolute Gasteiger partial charge is 0.333 e. The smallest absolute Gasteiger partial charge is 0.133 e. The summed E-state index contributed by atoms with van der Waals surface area (Å²) in [6.07, 6.45) is 2.04. The molecule has 0 radical (unpaired) electrons. The SMILES string of the molecule is CCn1ccccc1=Nc1ccccc1. The lowest BCUT2D eigenvalue weighted by Crippen LogP contribution is -2.17. The molecular formula is C13H14N2. The second-order valence-electron chi connectivity index (χ2n) is 3.29. The molecule has 1 aromatic carbocycles. The van der Waals surface area contributed by atoms with Crippen LogP contribution in [-0.2, 0) is 6.54 Å². The monoisotopic (exact) mass is 198 g/mol. The molecule has 0 unspecified atom stereocenters. The van der Waals surface area contributed by atoms with E-state index >= 15 is 0 Å². The first-order chi connectivity index (χ1) is 7.40. The Morgan fingerprint density at radius 1 is 1.00 bits per heavy atom. The summed E-state index contributed by atoms with van der Waals surface area (Å²) in [5, 5.41) is 0. The molecule has 0 aliphatic rings. The molecule has 2 rings (SSSR count). The maximum Gasteiger partial charge on any atom is 0.133 e. The standard InChI is InChI=1S/C13H14N2/c1-2-15-11-7-6-10-13(15)14-12-8-4-3-5-9-12/h3-11H,2H2,1H3. The van der Waals surface area contributed by atoms with E-state index in [1.165, 1.54) is 0 Å². The number of aryl methyl sites for hydroxylation is 1. The summed E-state index contributed by atoms with van der Waals surface area (Å²) in [5.74, 6) is 0. The first-order valence-corrected chi connectivity index (χ1v) is 5.15. The molecule has 0 aliphatic heterocycles. The van der Waals surface area contributed by atoms with Gasteiger partial charge < -0.3 is 4.57 Å². The van der Waals surface area contributed by atoms with E-state index < -0.39 is 0 Å². The van der Waals surface area contributed by atoms with Gasteiger partial charge in [-0.2, -0.15) is 0 Å². The number of nitrogens with zero attached hydrogens (tertiary/aromatic N) is 2. The van der Waals surface area contributed by atoms with Crippen molar-refractivity contribution < 1.29 is 0 Å². The highest BCUT2D eigenvalue weighted by atomic mass is 15.0. The van der Waals surface area contributed by atoms with E-state index in [4.69, 9.17) is 0 Å². The van der Waals surface area contributed by atoms with Crippen LogP contribution in [0, 0.1) is 0 Å². The number of hydrogen-bond donors (Lipinski definition) is 0. The van der Waals surface area contributed by atoms with Gasteiger partial charge in [0.05, 0.1) is 5.69 Å². The van der Waals surface area contributed by atoms with Crippen LogP contribution in [0.3, 0.4) is 0 Å². The number of pyridine rings is 1. The lowest BCUT2D eigenvalue weighted by molar-refractivity contribution is 0.713. The van der Waals surface area contributed by atoms with Gasteiger partial charge in [-0.3, -0.25) is 0 Å². The van der Waals surface area contributed by atoms with Crippen molar-refractivity contribution in [3.63, 3.8) is 0 Å². The average Bonchev–Trinajstić information content (AvgIpc) is 2.31. The number of benzene rings is 1. The van der Waals surface area contributed by atoms with E-state index in [-0.39, 0.29) is 0 Å². The van der Waals surface area contributed by atoms with Gasteiger partial charge >= 0.3 is 0 Å². The third kappa shape index (κ3) is 2.34. The van der Waals surface area contributed by atoms with Crippen LogP contribution < -0.4 is 5.49 Å². The van der Waals surface area contributed by atoms with Gasteiger partial charge in [0.15, 0.2) is 0 Å². The van der Waals surface area contributed by atoms with Crippen molar-refractivity contribution in [2.24, 2.45) is 4.99 Å². The lowest BCUT2D eigenvalue weighted by atomic mass is 10.3. The van der Waals surface area contributed by atoms with Crippen LogP contribution >= 0.6 is 0 Å². The molecule has 1 heterocycles. The normalized spacial score (nSPS) is 11.7. The summed E-state index contributed by atoms with van der Waals surface area (Å²) in [6, 6.07) is 16.1. The van der Waals surface area contributed by atoms with Crippen molar-refractivity contribution in [1.29, 1.82) is 0 Å². The number of aromatic nitrogens is 1. The van der Waals surface area contributed by atoms with Gasteiger partial charge in [-0.1, -0.05) is 24.3 Å². The second-order valence-corrected chi connectivity index (χ2v) is 3.29. The first-order valence-electron chi connectivity index (χ1n) is 5.15. The third-order valence-electron chi connectivity index (χ3n) is 2.26. The Kier molecular flexibility index (Phi) is 2.98. The molecule has 0 fully saturated rings. The van der Waals surface area contributed by atoms with Crippen LogP contribution in [0.15, 0.2) is 59.7 Å². The van der Waals surface area contributed by atoms with Gasteiger partial charge in [-0.25, -0.2) is 4.99 Å². The minimum absolute atomic E-state index is 0.937. The molecular weight excluding hydrogens is 184 g/mol. The van der Waals surface area contributed by atoms with Crippen molar-refractivity contribution in [2.45, 2.75) is 13.5 Å². The predicted molar refractivity (Wildman–Crippen MR) is 61.8 cm³/mol. The quantitative estimate of drug-likeness (QED) is 0.706. The number of rotatable bonds is 2. The van der Waals surface area contributed by atoms with Crippen LogP contribution in [0.2, 0.25) is 0 Å². The summed E-state index contributed by atoms with van der Waals surface area (Å²) in [5.41, 5.74) is 1.98. The van der Waals surface area contributed by atoms with Gasteiger partial charge in [0.2, 0.25) is 0 Å². The van der Waals surface area contributed by atoms with E-state index in [2.05, 4.69) is 16.5 Å². The van der Waals surface area contributed by atoms with Crippen LogP contribution in [0.5, 0.6) is 0 Å². The Balaban J connectivity index is 2.50. The first kappa shape index (κ1) is 9.71. The van der Waals surface area contributed by atoms with E-state index in [1.807, 2.05) is 54.7 Å². The van der Waals surface area contributed by atoms with Gasteiger partial charge in [0.1, 0.15) is 5.49 Å². The zero-order valence-corrected chi connectivity index (χ0v) is 8.80. The van der Waals surface area contributed by atoms with Crippen molar-refractivity contribution in [3.05, 3.63) is 60.2 Å². The number of para-hydroxylation sites is 1. The van der Waals surface area contributed by atoms with Crippen molar-refractivity contribution in [1.82, 2.24) is 4.57 Å². The van der Waals surface area contributed by atoms with E-state index in [9.17, 15) is 0 Å². The molecule has 0 amide bonds. The molecule has 0 atom stereocenters. The zero-order chi connectivity index (χ0) is 10.5. The molecule has 0 aliphatic carbocycles. The van der Waals surface area contributed by atoms with E-state index in [0.29, 0.717) is 0 Å². The predicted octanol–water partition coefficient (Wildman–Crippen LogP) is 2.74. The Morgan fingerprint density at radius 3 is 2.47 bits per heavy atom. The van der Waals surface area contributed by atoms with Crippen LogP contribution in [0.25, 0.3) is 0 Å². The summed E-state index contributed by atoms with van der Waals surface area (Å²) >= 11 is 0. The van der Waals surface area contributed by atoms with E-state index in [1.54, 1.807) is 0 Å². The number of hydrogen-bond acceptors (Lipinski definition) is 1. The van der Waals surface area contributed by atoms with Gasteiger partial charge in [0.25, 0.3) is 0 Å². The highest BCUT2D eigenvalue weighted by Gasteiger charge is 1.89. The van der Waals surface area contributed by atoms with Crippen LogP contribution in [0.4, 0.5) is 5.69 Å². The maximum atomic E-state index is 4.57. The zero-order valence-electron chi connectivity index (χ0n) is 8.80. The molecule has 1 aromatic heterocycles. The molecule has 0 saturated carbocycles. The van der Waals surface area contributed by atoms with Crippen LogP contribution in [0.1, 0.15) is 6.92 Å². The summed E-state index contributed by atoms with van der Waals surface area (Å²) in [6.45, 7) is 3.05. The molecule has 15 heavy (non-hydrogen) atoms. The molecule has 0 bridgehead atoms. The fourth-order valence-electron chi connectivity index (χ4n) is 1.47. The third-order valence-corrected chi connectivity index (χ3v) is 2.26. The van der Waals surface area contributed by atoms with Gasteiger partial charge in [-0.15, -0.1) is 0 Å².